The van der Waals surface area contributed by atoms with Crippen molar-refractivity contribution in [2.24, 2.45) is 0 Å². The fraction of sp³-hybridized carbons (Fsp3) is 0. The van der Waals surface area contributed by atoms with E-state index in [1.165, 1.54) is 86.7 Å². The number of pyridine rings is 7. The summed E-state index contributed by atoms with van der Waals surface area (Å²) in [5.74, 6) is 0. The van der Waals surface area contributed by atoms with E-state index in [1.807, 2.05) is 97.8 Å². The number of fused-ring (bicyclic) bond motifs is 27. The van der Waals surface area contributed by atoms with Crippen molar-refractivity contribution in [3.8, 4) is 50.7 Å². The van der Waals surface area contributed by atoms with Crippen LogP contribution in [0.3, 0.4) is 0 Å². The monoisotopic (exact) mass is 1410 g/mol. The van der Waals surface area contributed by atoms with Crippen molar-refractivity contribution in [3.05, 3.63) is 377 Å². The normalized spacial score (nSPS) is 11.8. The SMILES string of the molecule is c1ccc2nc(-c3ccc(-n4c5ccccc5c5c6ccccc6c6ncccc6c54)cc3)ccc2c1.c1ccc2ncc(-c3ccc(-n4c5ccccc5c5c6ccccc6c6ncccc6c54)cc3)cc2c1.c1ccc2ncc(-c3ccc(-n4c5ccccc5c5c6ccccc6c6ncccc6c54)cn3)cc2c1. The first-order valence-corrected chi connectivity index (χ1v) is 37.4. The highest BCUT2D eigenvalue weighted by Gasteiger charge is 2.24. The molecule has 0 aliphatic heterocycles. The standard InChI is InChI=1S/2C34H21N3.C33H20N4/c1-5-13-29-22(8-1)17-20-30(36-29)23-15-18-24(19-16-23)37-31-14-6-4-11-27(31)32-25-9-2-3-10-26(25)33-28(34(32)37)12-7-21-35-33;1-5-13-30-23(8-1)20-24(21-36-30)22-15-17-25(18-16-22)37-31-14-6-4-11-28(31)32-26-9-2-3-10-27(26)33-29(34(32)37)12-7-19-35-33;1-5-13-28-21(8-1)18-22(19-35-28)29-16-15-23(20-36-29)37-30-14-6-4-11-26(30)31-24-9-2-3-10-25(24)32-27(33(31)37)12-7-17-34-32/h2*1-21H;1-20H. The molecule has 10 heteroatoms. The summed E-state index contributed by atoms with van der Waals surface area (Å²) in [7, 11) is 0. The van der Waals surface area contributed by atoms with Crippen molar-refractivity contribution in [1.29, 1.82) is 0 Å². The quantitative estimate of drug-likeness (QED) is 0.153. The molecule has 0 spiro atoms. The second kappa shape index (κ2) is 25.8. The van der Waals surface area contributed by atoms with Gasteiger partial charge in [-0.3, -0.25) is 29.9 Å². The second-order valence-electron chi connectivity index (χ2n) is 28.3. The van der Waals surface area contributed by atoms with E-state index < -0.39 is 0 Å². The molecule has 0 saturated heterocycles. The highest BCUT2D eigenvalue weighted by atomic mass is 15.0. The van der Waals surface area contributed by atoms with Gasteiger partial charge in [0.15, 0.2) is 0 Å². The van der Waals surface area contributed by atoms with Crippen molar-refractivity contribution >= 4 is 163 Å². The summed E-state index contributed by atoms with van der Waals surface area (Å²) < 4.78 is 7.11. The predicted molar refractivity (Wildman–Crippen MR) is 461 cm³/mol. The second-order valence-corrected chi connectivity index (χ2v) is 28.3. The third-order valence-corrected chi connectivity index (χ3v) is 22.1. The molecule has 14 aromatic carbocycles. The van der Waals surface area contributed by atoms with E-state index in [9.17, 15) is 0 Å². The van der Waals surface area contributed by atoms with E-state index >= 15 is 0 Å². The van der Waals surface area contributed by atoms with Crippen molar-refractivity contribution in [1.82, 2.24) is 48.6 Å². The van der Waals surface area contributed by atoms with Crippen LogP contribution in [0.1, 0.15) is 0 Å². The lowest BCUT2D eigenvalue weighted by atomic mass is 10.00. The van der Waals surface area contributed by atoms with Crippen LogP contribution < -0.4 is 0 Å². The molecule has 111 heavy (non-hydrogen) atoms. The number of hydrogen-bond donors (Lipinski definition) is 0. The topological polar surface area (TPSA) is 105 Å². The fourth-order valence-corrected chi connectivity index (χ4v) is 17.2. The first-order valence-electron chi connectivity index (χ1n) is 37.4. The fourth-order valence-electron chi connectivity index (χ4n) is 17.2. The van der Waals surface area contributed by atoms with Gasteiger partial charge in [0.05, 0.1) is 89.5 Å². The Labute approximate surface area is 635 Å². The summed E-state index contributed by atoms with van der Waals surface area (Å²) in [4.78, 5) is 33.5. The molecule has 0 N–H and O–H groups in total. The molecule has 0 radical (unpaired) electrons. The lowest BCUT2D eigenvalue weighted by Gasteiger charge is -2.12. The van der Waals surface area contributed by atoms with Crippen LogP contribution in [0, 0.1) is 0 Å². The molecule has 0 aliphatic carbocycles. The number of nitrogens with zero attached hydrogens (tertiary/aromatic N) is 10. The molecule has 0 amide bonds. The molecular formula is C101H62N10. The molecule has 10 heterocycles. The first-order chi connectivity index (χ1) is 55.1. The Morgan fingerprint density at radius 1 is 0.198 bits per heavy atom. The van der Waals surface area contributed by atoms with Crippen LogP contribution in [0.5, 0.6) is 0 Å². The van der Waals surface area contributed by atoms with Gasteiger partial charge in [-0.1, -0.05) is 212 Å². The maximum absolute atomic E-state index is 4.90. The van der Waals surface area contributed by atoms with E-state index in [4.69, 9.17) is 24.9 Å². The van der Waals surface area contributed by atoms with Crippen molar-refractivity contribution in [2.45, 2.75) is 0 Å². The number of aromatic nitrogens is 10. The van der Waals surface area contributed by atoms with E-state index in [0.29, 0.717) is 0 Å². The molecule has 0 saturated carbocycles. The van der Waals surface area contributed by atoms with Gasteiger partial charge >= 0.3 is 0 Å². The molecular weight excluding hydrogens is 1350 g/mol. The van der Waals surface area contributed by atoms with E-state index in [-0.39, 0.29) is 0 Å². The van der Waals surface area contributed by atoms with E-state index in [2.05, 4.69) is 303 Å². The third-order valence-electron chi connectivity index (χ3n) is 22.1. The Morgan fingerprint density at radius 2 is 0.550 bits per heavy atom. The van der Waals surface area contributed by atoms with Crippen molar-refractivity contribution < 1.29 is 0 Å². The van der Waals surface area contributed by atoms with Gasteiger partial charge in [-0.2, -0.15) is 0 Å². The smallest absolute Gasteiger partial charge is 0.0801 e. The Kier molecular flexibility index (Phi) is 14.7. The summed E-state index contributed by atoms with van der Waals surface area (Å²) in [6.45, 7) is 0. The summed E-state index contributed by atoms with van der Waals surface area (Å²) >= 11 is 0. The Bertz CT molecular complexity index is 7150. The van der Waals surface area contributed by atoms with Gasteiger partial charge in [0.2, 0.25) is 0 Å². The molecule has 10 nitrogen and oxygen atoms in total. The van der Waals surface area contributed by atoms with Crippen molar-refractivity contribution in [3.63, 3.8) is 0 Å². The highest BCUT2D eigenvalue weighted by Crippen LogP contribution is 2.46. The Balaban J connectivity index is 0.000000102. The zero-order chi connectivity index (χ0) is 73.0. The highest BCUT2D eigenvalue weighted by molar-refractivity contribution is 6.34. The molecule has 24 rings (SSSR count). The van der Waals surface area contributed by atoms with Gasteiger partial charge in [0.25, 0.3) is 0 Å². The molecule has 0 fully saturated rings. The van der Waals surface area contributed by atoms with Crippen LogP contribution in [0.2, 0.25) is 0 Å². The minimum absolute atomic E-state index is 0.903. The maximum atomic E-state index is 4.90. The average Bonchev–Trinajstić information content (AvgIpc) is 1.58. The van der Waals surface area contributed by atoms with Crippen LogP contribution in [-0.2, 0) is 0 Å². The van der Waals surface area contributed by atoms with Crippen LogP contribution in [0.15, 0.2) is 377 Å². The summed E-state index contributed by atoms with van der Waals surface area (Å²) in [5.41, 5.74) is 22.7. The lowest BCUT2D eigenvalue weighted by Crippen LogP contribution is -1.97. The van der Waals surface area contributed by atoms with Gasteiger partial charge in [-0.05, 0) is 149 Å². The van der Waals surface area contributed by atoms with Gasteiger partial charge in [-0.15, -0.1) is 0 Å². The van der Waals surface area contributed by atoms with E-state index in [1.54, 1.807) is 0 Å². The predicted octanol–water partition coefficient (Wildman–Crippen LogP) is 25.5. The Morgan fingerprint density at radius 3 is 1.01 bits per heavy atom. The number of hydrogen-bond acceptors (Lipinski definition) is 7. The van der Waals surface area contributed by atoms with Crippen LogP contribution >= 0.6 is 0 Å². The van der Waals surface area contributed by atoms with Crippen molar-refractivity contribution in [2.75, 3.05) is 0 Å². The van der Waals surface area contributed by atoms with Gasteiger partial charge in [-0.25, -0.2) is 4.98 Å². The summed E-state index contributed by atoms with van der Waals surface area (Å²) in [5, 5.41) is 21.6. The van der Waals surface area contributed by atoms with Crippen LogP contribution in [-0.4, -0.2) is 48.6 Å². The van der Waals surface area contributed by atoms with Gasteiger partial charge < -0.3 is 13.7 Å². The maximum Gasteiger partial charge on any atom is 0.0801 e. The van der Waals surface area contributed by atoms with Gasteiger partial charge in [0, 0.05) is 140 Å². The molecule has 24 aromatic rings. The van der Waals surface area contributed by atoms with Crippen LogP contribution in [0.25, 0.3) is 214 Å². The molecule has 516 valence electrons. The first kappa shape index (κ1) is 63.2. The largest absolute Gasteiger partial charge is 0.309 e. The summed E-state index contributed by atoms with van der Waals surface area (Å²) in [6.07, 6.45) is 11.5. The van der Waals surface area contributed by atoms with Gasteiger partial charge in [0.1, 0.15) is 0 Å². The molecule has 10 aromatic heterocycles. The number of para-hydroxylation sites is 6. The molecule has 0 bridgehead atoms. The zero-order valence-electron chi connectivity index (χ0n) is 59.8. The number of benzene rings is 14. The number of rotatable bonds is 6. The third kappa shape index (κ3) is 10.3. The zero-order valence-corrected chi connectivity index (χ0v) is 59.8. The van der Waals surface area contributed by atoms with Crippen LogP contribution in [0.4, 0.5) is 0 Å². The minimum Gasteiger partial charge on any atom is -0.309 e. The Hall–Kier alpha value is -15.1. The molecule has 0 aliphatic rings. The average molecular weight is 1420 g/mol. The van der Waals surface area contributed by atoms with E-state index in [0.717, 1.165) is 127 Å². The lowest BCUT2D eigenvalue weighted by molar-refractivity contribution is 1.15. The summed E-state index contributed by atoms with van der Waals surface area (Å²) in [6, 6.07) is 120. The minimum atomic E-state index is 0.903. The molecule has 0 unspecified atom stereocenters. The molecule has 0 atom stereocenters.